The van der Waals surface area contributed by atoms with Crippen molar-refractivity contribution in [3.8, 4) is 0 Å². The van der Waals surface area contributed by atoms with Crippen LogP contribution < -0.4 is 10.2 Å². The van der Waals surface area contributed by atoms with E-state index in [4.69, 9.17) is 0 Å². The van der Waals surface area contributed by atoms with Gasteiger partial charge in [0.25, 0.3) is 0 Å². The van der Waals surface area contributed by atoms with E-state index in [1.165, 1.54) is 6.07 Å². The number of carbonyl (C=O) groups excluding carboxylic acids is 1. The number of rotatable bonds is 3. The van der Waals surface area contributed by atoms with E-state index in [9.17, 15) is 9.18 Å². The topological polar surface area (TPSA) is 58.1 Å². The van der Waals surface area contributed by atoms with Crippen molar-refractivity contribution in [2.75, 3.05) is 23.3 Å². The largest absolute Gasteiger partial charge is 0.354 e. The van der Waals surface area contributed by atoms with Crippen molar-refractivity contribution in [2.45, 2.75) is 19.8 Å². The number of nitrogens with zero attached hydrogens (tertiary/aromatic N) is 3. The van der Waals surface area contributed by atoms with Crippen LogP contribution in [0.1, 0.15) is 18.5 Å². The average Bonchev–Trinajstić information content (AvgIpc) is 2.58. The molecule has 126 valence electrons. The zero-order valence-corrected chi connectivity index (χ0v) is 14.9. The normalized spacial score (nSPS) is 17.6. The number of anilines is 2. The summed E-state index contributed by atoms with van der Waals surface area (Å²) in [5.74, 6) is -0.0476. The third-order valence-electron chi connectivity index (χ3n) is 4.09. The molecule has 5 nitrogen and oxygen atoms in total. The third-order valence-corrected chi connectivity index (χ3v) is 4.58. The smallest absolute Gasteiger partial charge is 0.229 e. The number of amides is 1. The molecule has 2 aromatic rings. The van der Waals surface area contributed by atoms with Gasteiger partial charge in [0, 0.05) is 17.6 Å². The second-order valence-electron chi connectivity index (χ2n) is 5.93. The van der Waals surface area contributed by atoms with Crippen LogP contribution in [0.3, 0.4) is 0 Å². The molecule has 1 aromatic heterocycles. The Morgan fingerprint density at radius 1 is 1.33 bits per heavy atom. The minimum atomic E-state index is -0.449. The standard InChI is InChI=1S/C17H18BrFN4O/c1-11-4-7-16(22-21-11)23-8-2-3-12(10-23)17(24)20-15-6-5-13(18)9-14(15)19/h4-7,9,12H,2-3,8,10H2,1H3,(H,20,24)/t12-/m1/s1. The highest BCUT2D eigenvalue weighted by atomic mass is 79.9. The van der Waals surface area contributed by atoms with Gasteiger partial charge in [0.15, 0.2) is 5.82 Å². The van der Waals surface area contributed by atoms with E-state index in [0.29, 0.717) is 11.0 Å². The lowest BCUT2D eigenvalue weighted by molar-refractivity contribution is -0.120. The highest BCUT2D eigenvalue weighted by molar-refractivity contribution is 9.10. The first-order valence-corrected chi connectivity index (χ1v) is 8.63. The van der Waals surface area contributed by atoms with Crippen molar-refractivity contribution in [3.05, 3.63) is 46.3 Å². The summed E-state index contributed by atoms with van der Waals surface area (Å²) in [6.07, 6.45) is 1.66. The van der Waals surface area contributed by atoms with Gasteiger partial charge in [0.05, 0.1) is 17.3 Å². The van der Waals surface area contributed by atoms with Crippen LogP contribution in [0.4, 0.5) is 15.9 Å². The van der Waals surface area contributed by atoms with Gasteiger partial charge in [-0.25, -0.2) is 4.39 Å². The Balaban J connectivity index is 1.67. The third kappa shape index (κ3) is 3.90. The Morgan fingerprint density at radius 2 is 2.17 bits per heavy atom. The van der Waals surface area contributed by atoms with Crippen LogP contribution in [-0.4, -0.2) is 29.2 Å². The Kier molecular flexibility index (Phi) is 5.08. The molecular formula is C17H18BrFN4O. The summed E-state index contributed by atoms with van der Waals surface area (Å²) in [5.41, 5.74) is 1.06. The maximum Gasteiger partial charge on any atom is 0.229 e. The second-order valence-corrected chi connectivity index (χ2v) is 6.85. The number of hydrogen-bond acceptors (Lipinski definition) is 4. The number of aryl methyl sites for hydroxylation is 1. The van der Waals surface area contributed by atoms with Crippen molar-refractivity contribution in [2.24, 2.45) is 5.92 Å². The SMILES string of the molecule is Cc1ccc(N2CCC[C@@H](C(=O)Nc3ccc(Br)cc3F)C2)nn1. The van der Waals surface area contributed by atoms with Gasteiger partial charge in [0.2, 0.25) is 5.91 Å². The molecule has 1 fully saturated rings. The van der Waals surface area contributed by atoms with Crippen molar-refractivity contribution in [1.82, 2.24) is 10.2 Å². The lowest BCUT2D eigenvalue weighted by atomic mass is 9.97. The molecule has 0 spiro atoms. The summed E-state index contributed by atoms with van der Waals surface area (Å²) in [6.45, 7) is 3.28. The molecule has 24 heavy (non-hydrogen) atoms. The summed E-state index contributed by atoms with van der Waals surface area (Å²) < 4.78 is 14.5. The minimum Gasteiger partial charge on any atom is -0.354 e. The maximum absolute atomic E-state index is 13.9. The van der Waals surface area contributed by atoms with Gasteiger partial charge in [-0.2, -0.15) is 5.10 Å². The fraction of sp³-hybridized carbons (Fsp3) is 0.353. The molecule has 2 heterocycles. The number of aromatic nitrogens is 2. The monoisotopic (exact) mass is 392 g/mol. The molecule has 1 aromatic carbocycles. The number of halogens is 2. The lowest BCUT2D eigenvalue weighted by Gasteiger charge is -2.32. The van der Waals surface area contributed by atoms with Gasteiger partial charge in [-0.1, -0.05) is 15.9 Å². The van der Waals surface area contributed by atoms with Crippen LogP contribution in [-0.2, 0) is 4.79 Å². The number of piperidine rings is 1. The summed E-state index contributed by atoms with van der Waals surface area (Å²) in [5, 5.41) is 10.9. The predicted octanol–water partition coefficient (Wildman–Crippen LogP) is 3.54. The zero-order valence-electron chi connectivity index (χ0n) is 13.3. The molecule has 1 saturated heterocycles. The van der Waals surface area contributed by atoms with E-state index in [1.807, 2.05) is 19.1 Å². The van der Waals surface area contributed by atoms with Gasteiger partial charge < -0.3 is 10.2 Å². The molecule has 1 aliphatic rings. The Morgan fingerprint density at radius 3 is 2.88 bits per heavy atom. The molecule has 7 heteroatoms. The Hall–Kier alpha value is -2.02. The van der Waals surface area contributed by atoms with E-state index < -0.39 is 5.82 Å². The van der Waals surface area contributed by atoms with E-state index in [-0.39, 0.29) is 17.5 Å². The molecule has 1 atom stereocenters. The van der Waals surface area contributed by atoms with Crippen LogP contribution in [0.15, 0.2) is 34.8 Å². The van der Waals surface area contributed by atoms with Gasteiger partial charge in [0.1, 0.15) is 5.82 Å². The van der Waals surface area contributed by atoms with Gasteiger partial charge in [-0.15, -0.1) is 5.10 Å². The summed E-state index contributed by atoms with van der Waals surface area (Å²) in [7, 11) is 0. The summed E-state index contributed by atoms with van der Waals surface area (Å²) in [6, 6.07) is 8.42. The number of hydrogen-bond donors (Lipinski definition) is 1. The number of carbonyl (C=O) groups is 1. The lowest BCUT2D eigenvalue weighted by Crippen LogP contribution is -2.41. The number of nitrogens with one attached hydrogen (secondary N) is 1. The molecule has 3 rings (SSSR count). The Labute approximate surface area is 148 Å². The molecule has 0 unspecified atom stereocenters. The highest BCUT2D eigenvalue weighted by Gasteiger charge is 2.27. The van der Waals surface area contributed by atoms with Crippen molar-refractivity contribution >= 4 is 33.3 Å². The molecule has 1 amide bonds. The Bertz CT molecular complexity index is 738. The van der Waals surface area contributed by atoms with Crippen LogP contribution >= 0.6 is 15.9 Å². The quantitative estimate of drug-likeness (QED) is 0.867. The van der Waals surface area contributed by atoms with Gasteiger partial charge >= 0.3 is 0 Å². The maximum atomic E-state index is 13.9. The predicted molar refractivity (Wildman–Crippen MR) is 94.4 cm³/mol. The molecule has 1 aliphatic heterocycles. The average molecular weight is 393 g/mol. The van der Waals surface area contributed by atoms with Crippen molar-refractivity contribution in [1.29, 1.82) is 0 Å². The van der Waals surface area contributed by atoms with E-state index in [1.54, 1.807) is 12.1 Å². The van der Waals surface area contributed by atoms with Crippen LogP contribution in [0.2, 0.25) is 0 Å². The van der Waals surface area contributed by atoms with Crippen LogP contribution in [0.5, 0.6) is 0 Å². The molecular weight excluding hydrogens is 375 g/mol. The summed E-state index contributed by atoms with van der Waals surface area (Å²) >= 11 is 3.21. The zero-order chi connectivity index (χ0) is 17.1. The van der Waals surface area contributed by atoms with Crippen molar-refractivity contribution in [3.63, 3.8) is 0 Å². The fourth-order valence-electron chi connectivity index (χ4n) is 2.79. The van der Waals surface area contributed by atoms with E-state index >= 15 is 0 Å². The minimum absolute atomic E-state index is 0.166. The van der Waals surface area contributed by atoms with Crippen LogP contribution in [0.25, 0.3) is 0 Å². The first-order valence-electron chi connectivity index (χ1n) is 7.84. The molecule has 1 N–H and O–H groups in total. The van der Waals surface area contributed by atoms with Gasteiger partial charge in [-0.3, -0.25) is 4.79 Å². The molecule has 0 aliphatic carbocycles. The van der Waals surface area contributed by atoms with Crippen LogP contribution in [0, 0.1) is 18.7 Å². The molecule has 0 saturated carbocycles. The van der Waals surface area contributed by atoms with Crippen molar-refractivity contribution < 1.29 is 9.18 Å². The molecule has 0 radical (unpaired) electrons. The number of benzene rings is 1. The first-order chi connectivity index (χ1) is 11.5. The fourth-order valence-corrected chi connectivity index (χ4v) is 3.12. The van der Waals surface area contributed by atoms with E-state index in [2.05, 4.69) is 36.3 Å². The molecule has 0 bridgehead atoms. The highest BCUT2D eigenvalue weighted by Crippen LogP contribution is 2.24. The summed E-state index contributed by atoms with van der Waals surface area (Å²) in [4.78, 5) is 14.5. The first kappa shape index (κ1) is 16.8. The van der Waals surface area contributed by atoms with Gasteiger partial charge in [-0.05, 0) is 50.1 Å². The van der Waals surface area contributed by atoms with E-state index in [0.717, 1.165) is 30.9 Å². The second kappa shape index (κ2) is 7.25.